The SMILES string of the molecule is CC(CN(C)c1ccccc1C(C)C)Oc1ccccc1C(C)C. The van der Waals surface area contributed by atoms with Crippen LogP contribution in [0.3, 0.4) is 0 Å². The molecule has 2 rings (SSSR count). The highest BCUT2D eigenvalue weighted by atomic mass is 16.5. The standard InChI is InChI=1S/C22H31NO/c1-16(2)19-11-7-9-13-21(19)23(6)15-18(5)24-22-14-10-8-12-20(22)17(3)4/h7-14,16-18H,15H2,1-6H3. The van der Waals surface area contributed by atoms with Crippen LogP contribution in [0.5, 0.6) is 5.75 Å². The summed E-state index contributed by atoms with van der Waals surface area (Å²) >= 11 is 0. The second kappa shape index (κ2) is 8.23. The van der Waals surface area contributed by atoms with Crippen molar-refractivity contribution >= 4 is 5.69 Å². The number of rotatable bonds is 7. The molecule has 0 heterocycles. The van der Waals surface area contributed by atoms with E-state index in [1.165, 1.54) is 16.8 Å². The van der Waals surface area contributed by atoms with Crippen molar-refractivity contribution < 1.29 is 4.74 Å². The number of nitrogens with zero attached hydrogens (tertiary/aromatic N) is 1. The van der Waals surface area contributed by atoms with Crippen LogP contribution in [0.1, 0.15) is 57.6 Å². The molecule has 0 aliphatic carbocycles. The topological polar surface area (TPSA) is 12.5 Å². The van der Waals surface area contributed by atoms with Crippen molar-refractivity contribution in [3.63, 3.8) is 0 Å². The minimum absolute atomic E-state index is 0.120. The molecule has 0 radical (unpaired) electrons. The van der Waals surface area contributed by atoms with Crippen LogP contribution in [0.4, 0.5) is 5.69 Å². The van der Waals surface area contributed by atoms with Gasteiger partial charge in [0.1, 0.15) is 11.9 Å². The van der Waals surface area contributed by atoms with Gasteiger partial charge >= 0.3 is 0 Å². The van der Waals surface area contributed by atoms with Crippen molar-refractivity contribution in [3.05, 3.63) is 59.7 Å². The third kappa shape index (κ3) is 4.53. The van der Waals surface area contributed by atoms with E-state index >= 15 is 0 Å². The molecule has 0 aromatic heterocycles. The normalized spacial score (nSPS) is 12.5. The minimum atomic E-state index is 0.120. The number of hydrogen-bond donors (Lipinski definition) is 0. The first-order valence-corrected chi connectivity index (χ1v) is 8.95. The van der Waals surface area contributed by atoms with Crippen molar-refractivity contribution in [1.82, 2.24) is 0 Å². The zero-order valence-electron chi connectivity index (χ0n) is 15.9. The van der Waals surface area contributed by atoms with Crippen LogP contribution in [0.25, 0.3) is 0 Å². The van der Waals surface area contributed by atoms with Crippen LogP contribution >= 0.6 is 0 Å². The molecule has 0 fully saturated rings. The molecule has 0 saturated heterocycles. The Bertz CT molecular complexity index is 648. The second-order valence-corrected chi connectivity index (χ2v) is 7.22. The van der Waals surface area contributed by atoms with E-state index in [0.29, 0.717) is 11.8 Å². The van der Waals surface area contributed by atoms with Gasteiger partial charge in [0.25, 0.3) is 0 Å². The summed E-state index contributed by atoms with van der Waals surface area (Å²) in [6.07, 6.45) is 0.120. The lowest BCUT2D eigenvalue weighted by molar-refractivity contribution is 0.225. The Kier molecular flexibility index (Phi) is 6.30. The number of hydrogen-bond acceptors (Lipinski definition) is 2. The van der Waals surface area contributed by atoms with Crippen LogP contribution in [0.15, 0.2) is 48.5 Å². The van der Waals surface area contributed by atoms with Gasteiger partial charge in [-0.05, 0) is 42.0 Å². The van der Waals surface area contributed by atoms with E-state index in [2.05, 4.69) is 89.0 Å². The summed E-state index contributed by atoms with van der Waals surface area (Å²) < 4.78 is 6.26. The maximum absolute atomic E-state index is 6.26. The largest absolute Gasteiger partial charge is 0.489 e. The third-order valence-corrected chi connectivity index (χ3v) is 4.37. The smallest absolute Gasteiger partial charge is 0.123 e. The van der Waals surface area contributed by atoms with Gasteiger partial charge in [0.15, 0.2) is 0 Å². The molecule has 2 nitrogen and oxygen atoms in total. The quantitative estimate of drug-likeness (QED) is 0.634. The van der Waals surface area contributed by atoms with Gasteiger partial charge in [0.2, 0.25) is 0 Å². The molecule has 0 spiro atoms. The average Bonchev–Trinajstić information content (AvgIpc) is 2.54. The lowest BCUT2D eigenvalue weighted by atomic mass is 10.0. The average molecular weight is 325 g/mol. The molecule has 2 aromatic rings. The fourth-order valence-corrected chi connectivity index (χ4v) is 3.13. The lowest BCUT2D eigenvalue weighted by Gasteiger charge is -2.28. The van der Waals surface area contributed by atoms with Crippen molar-refractivity contribution in [3.8, 4) is 5.75 Å². The molecule has 0 amide bonds. The Morgan fingerprint density at radius 1 is 0.792 bits per heavy atom. The summed E-state index contributed by atoms with van der Waals surface area (Å²) in [5.74, 6) is 1.99. The summed E-state index contributed by atoms with van der Waals surface area (Å²) in [4.78, 5) is 2.30. The third-order valence-electron chi connectivity index (χ3n) is 4.37. The summed E-state index contributed by atoms with van der Waals surface area (Å²) in [7, 11) is 2.15. The van der Waals surface area contributed by atoms with E-state index in [9.17, 15) is 0 Å². The Morgan fingerprint density at radius 2 is 1.33 bits per heavy atom. The number of anilines is 1. The van der Waals surface area contributed by atoms with E-state index in [-0.39, 0.29) is 6.10 Å². The second-order valence-electron chi connectivity index (χ2n) is 7.22. The van der Waals surface area contributed by atoms with Gasteiger partial charge in [-0.15, -0.1) is 0 Å². The monoisotopic (exact) mass is 325 g/mol. The van der Waals surface area contributed by atoms with E-state index in [4.69, 9.17) is 4.74 Å². The van der Waals surface area contributed by atoms with Crippen LogP contribution in [0, 0.1) is 0 Å². The summed E-state index contributed by atoms with van der Waals surface area (Å²) in [5.41, 5.74) is 3.95. The predicted molar refractivity (Wildman–Crippen MR) is 104 cm³/mol. The highest BCUT2D eigenvalue weighted by Gasteiger charge is 2.15. The van der Waals surface area contributed by atoms with Crippen LogP contribution < -0.4 is 9.64 Å². The Hall–Kier alpha value is -1.96. The summed E-state index contributed by atoms with van der Waals surface area (Å²) in [5, 5.41) is 0. The molecular weight excluding hydrogens is 294 g/mol. The van der Waals surface area contributed by atoms with Gasteiger partial charge in [-0.2, -0.15) is 0 Å². The van der Waals surface area contributed by atoms with Crippen molar-refractivity contribution in [2.24, 2.45) is 0 Å². The highest BCUT2D eigenvalue weighted by molar-refractivity contribution is 5.54. The lowest BCUT2D eigenvalue weighted by Crippen LogP contribution is -2.31. The molecule has 0 aliphatic rings. The molecule has 24 heavy (non-hydrogen) atoms. The molecule has 2 heteroatoms. The molecular formula is C22H31NO. The van der Waals surface area contributed by atoms with E-state index < -0.39 is 0 Å². The minimum Gasteiger partial charge on any atom is -0.489 e. The summed E-state index contributed by atoms with van der Waals surface area (Å²) in [6, 6.07) is 17.0. The molecule has 0 saturated carbocycles. The zero-order valence-corrected chi connectivity index (χ0v) is 15.9. The molecule has 2 aromatic carbocycles. The molecule has 0 bridgehead atoms. The highest BCUT2D eigenvalue weighted by Crippen LogP contribution is 2.29. The predicted octanol–water partition coefficient (Wildman–Crippen LogP) is 5.84. The molecule has 1 atom stereocenters. The Morgan fingerprint density at radius 3 is 1.96 bits per heavy atom. The first kappa shape index (κ1) is 18.4. The molecule has 130 valence electrons. The first-order chi connectivity index (χ1) is 11.4. The van der Waals surface area contributed by atoms with E-state index in [0.717, 1.165) is 12.3 Å². The number of benzene rings is 2. The van der Waals surface area contributed by atoms with Gasteiger partial charge in [-0.1, -0.05) is 64.1 Å². The fourth-order valence-electron chi connectivity index (χ4n) is 3.13. The van der Waals surface area contributed by atoms with Crippen molar-refractivity contribution in [2.75, 3.05) is 18.5 Å². The summed E-state index contributed by atoms with van der Waals surface area (Å²) in [6.45, 7) is 11.9. The maximum atomic E-state index is 6.26. The molecule has 0 N–H and O–H groups in total. The van der Waals surface area contributed by atoms with Crippen LogP contribution in [0.2, 0.25) is 0 Å². The zero-order chi connectivity index (χ0) is 17.7. The van der Waals surface area contributed by atoms with Gasteiger partial charge in [-0.25, -0.2) is 0 Å². The van der Waals surface area contributed by atoms with Gasteiger partial charge in [-0.3, -0.25) is 0 Å². The number of ether oxygens (including phenoxy) is 1. The van der Waals surface area contributed by atoms with Crippen LogP contribution in [-0.2, 0) is 0 Å². The number of para-hydroxylation sites is 2. The van der Waals surface area contributed by atoms with E-state index in [1.807, 2.05) is 6.07 Å². The Labute approximate surface area is 147 Å². The van der Waals surface area contributed by atoms with Crippen molar-refractivity contribution in [1.29, 1.82) is 0 Å². The van der Waals surface area contributed by atoms with Gasteiger partial charge < -0.3 is 9.64 Å². The molecule has 0 aliphatic heterocycles. The fraction of sp³-hybridized carbons (Fsp3) is 0.455. The van der Waals surface area contributed by atoms with Gasteiger partial charge in [0.05, 0.1) is 6.54 Å². The van der Waals surface area contributed by atoms with Gasteiger partial charge in [0, 0.05) is 12.7 Å². The van der Waals surface area contributed by atoms with Crippen molar-refractivity contribution in [2.45, 2.75) is 52.6 Å². The Balaban J connectivity index is 2.09. The van der Waals surface area contributed by atoms with Crippen LogP contribution in [-0.4, -0.2) is 19.7 Å². The number of likely N-dealkylation sites (N-methyl/N-ethyl adjacent to an activating group) is 1. The molecule has 1 unspecified atom stereocenters. The first-order valence-electron chi connectivity index (χ1n) is 8.95. The maximum Gasteiger partial charge on any atom is 0.123 e. The van der Waals surface area contributed by atoms with E-state index in [1.54, 1.807) is 0 Å².